The third-order valence-corrected chi connectivity index (χ3v) is 4.53. The molecule has 3 rings (SSSR count). The van der Waals surface area contributed by atoms with E-state index in [2.05, 4.69) is 9.80 Å². The fourth-order valence-electron chi connectivity index (χ4n) is 3.11. The molecule has 0 saturated carbocycles. The molecule has 1 saturated heterocycles. The lowest BCUT2D eigenvalue weighted by Gasteiger charge is -2.36. The van der Waals surface area contributed by atoms with E-state index in [1.165, 1.54) is 0 Å². The van der Waals surface area contributed by atoms with Gasteiger partial charge in [-0.15, -0.1) is 0 Å². The molecule has 0 atom stereocenters. The van der Waals surface area contributed by atoms with Crippen molar-refractivity contribution in [1.82, 2.24) is 4.90 Å². The van der Waals surface area contributed by atoms with E-state index in [9.17, 15) is 9.90 Å². The monoisotopic (exact) mass is 340 g/mol. The molecular weight excluding hydrogens is 316 g/mol. The number of hydrogen-bond acceptors (Lipinski definition) is 5. The Labute approximate surface area is 148 Å². The standard InChI is InChI=1S/C20H24N2O3/c1-16(23)17-6-2-5-9-20(17)25-15-14-21-10-12-22(13-11-21)18-7-3-4-8-19(18)24/h2-9,24H,10-15H2,1H3. The summed E-state index contributed by atoms with van der Waals surface area (Å²) in [6.45, 7) is 6.53. The van der Waals surface area contributed by atoms with Crippen molar-refractivity contribution in [3.8, 4) is 11.5 Å². The SMILES string of the molecule is CC(=O)c1ccccc1OCCN1CCN(c2ccccc2O)CC1. The predicted octanol–water partition coefficient (Wildman–Crippen LogP) is 2.80. The number of hydrogen-bond donors (Lipinski definition) is 1. The van der Waals surface area contributed by atoms with E-state index in [-0.39, 0.29) is 5.78 Å². The molecule has 0 aromatic heterocycles. The molecule has 1 heterocycles. The molecule has 5 heteroatoms. The van der Waals surface area contributed by atoms with Crippen LogP contribution in [-0.2, 0) is 0 Å². The molecule has 0 aliphatic carbocycles. The Morgan fingerprint density at radius 3 is 2.44 bits per heavy atom. The molecule has 1 fully saturated rings. The average Bonchev–Trinajstić information content (AvgIpc) is 2.63. The molecule has 2 aromatic carbocycles. The highest BCUT2D eigenvalue weighted by Gasteiger charge is 2.19. The van der Waals surface area contributed by atoms with Gasteiger partial charge >= 0.3 is 0 Å². The van der Waals surface area contributed by atoms with Crippen molar-refractivity contribution in [2.75, 3.05) is 44.2 Å². The van der Waals surface area contributed by atoms with Gasteiger partial charge in [-0.1, -0.05) is 24.3 Å². The number of piperazine rings is 1. The molecule has 0 bridgehead atoms. The molecule has 25 heavy (non-hydrogen) atoms. The van der Waals surface area contributed by atoms with Crippen LogP contribution >= 0.6 is 0 Å². The van der Waals surface area contributed by atoms with Crippen LogP contribution in [0.3, 0.4) is 0 Å². The molecule has 0 unspecified atom stereocenters. The summed E-state index contributed by atoms with van der Waals surface area (Å²) in [4.78, 5) is 16.2. The van der Waals surface area contributed by atoms with Crippen LogP contribution in [0, 0.1) is 0 Å². The van der Waals surface area contributed by atoms with Gasteiger partial charge in [0.25, 0.3) is 0 Å². The summed E-state index contributed by atoms with van der Waals surface area (Å²) in [5, 5.41) is 9.96. The van der Waals surface area contributed by atoms with E-state index in [1.807, 2.05) is 36.4 Å². The van der Waals surface area contributed by atoms with E-state index in [4.69, 9.17) is 4.74 Å². The Bertz CT molecular complexity index is 724. The van der Waals surface area contributed by atoms with Crippen molar-refractivity contribution in [2.24, 2.45) is 0 Å². The zero-order valence-corrected chi connectivity index (χ0v) is 14.5. The molecule has 132 valence electrons. The fourth-order valence-corrected chi connectivity index (χ4v) is 3.11. The molecule has 0 radical (unpaired) electrons. The number of benzene rings is 2. The minimum atomic E-state index is 0.0203. The average molecular weight is 340 g/mol. The largest absolute Gasteiger partial charge is 0.506 e. The number of Topliss-reactive ketones (excluding diaryl/α,β-unsaturated/α-hetero) is 1. The number of ether oxygens (including phenoxy) is 1. The summed E-state index contributed by atoms with van der Waals surface area (Å²) >= 11 is 0. The number of carbonyl (C=O) groups excluding carboxylic acids is 1. The van der Waals surface area contributed by atoms with Crippen molar-refractivity contribution in [2.45, 2.75) is 6.92 Å². The van der Waals surface area contributed by atoms with E-state index >= 15 is 0 Å². The minimum absolute atomic E-state index is 0.0203. The number of carbonyl (C=O) groups is 1. The van der Waals surface area contributed by atoms with Gasteiger partial charge < -0.3 is 14.7 Å². The van der Waals surface area contributed by atoms with Gasteiger partial charge in [0.1, 0.15) is 18.1 Å². The highest BCUT2D eigenvalue weighted by Crippen LogP contribution is 2.27. The second-order valence-electron chi connectivity index (χ2n) is 6.22. The number of rotatable bonds is 6. The van der Waals surface area contributed by atoms with Crippen molar-refractivity contribution in [3.05, 3.63) is 54.1 Å². The van der Waals surface area contributed by atoms with Crippen LogP contribution in [0.4, 0.5) is 5.69 Å². The first-order valence-electron chi connectivity index (χ1n) is 8.63. The molecule has 5 nitrogen and oxygen atoms in total. The maximum atomic E-state index is 11.6. The summed E-state index contributed by atoms with van der Waals surface area (Å²) < 4.78 is 5.82. The van der Waals surface area contributed by atoms with Crippen LogP contribution in [0.25, 0.3) is 0 Å². The third kappa shape index (κ3) is 4.31. The Hall–Kier alpha value is -2.53. The highest BCUT2D eigenvalue weighted by atomic mass is 16.5. The Kier molecular flexibility index (Phi) is 5.56. The first-order chi connectivity index (χ1) is 12.1. The van der Waals surface area contributed by atoms with Gasteiger partial charge in [0, 0.05) is 32.7 Å². The van der Waals surface area contributed by atoms with Crippen LogP contribution in [0.1, 0.15) is 17.3 Å². The topological polar surface area (TPSA) is 53.0 Å². The molecular formula is C20H24N2O3. The number of phenols is 1. The zero-order valence-electron chi connectivity index (χ0n) is 14.5. The summed E-state index contributed by atoms with van der Waals surface area (Å²) in [7, 11) is 0. The van der Waals surface area contributed by atoms with Crippen molar-refractivity contribution >= 4 is 11.5 Å². The number of anilines is 1. The molecule has 1 aliphatic heterocycles. The quantitative estimate of drug-likeness (QED) is 0.820. The van der Waals surface area contributed by atoms with Crippen LogP contribution in [0.2, 0.25) is 0 Å². The van der Waals surface area contributed by atoms with Crippen molar-refractivity contribution in [1.29, 1.82) is 0 Å². The lowest BCUT2D eigenvalue weighted by molar-refractivity contribution is 0.101. The van der Waals surface area contributed by atoms with Gasteiger partial charge in [0.15, 0.2) is 5.78 Å². The number of para-hydroxylation sites is 3. The fraction of sp³-hybridized carbons (Fsp3) is 0.350. The Morgan fingerprint density at radius 2 is 1.72 bits per heavy atom. The number of phenolic OH excluding ortho intramolecular Hbond substituents is 1. The Balaban J connectivity index is 1.47. The summed E-state index contributed by atoms with van der Waals surface area (Å²) in [5.41, 5.74) is 1.53. The Morgan fingerprint density at radius 1 is 1.04 bits per heavy atom. The normalized spacial score (nSPS) is 15.2. The smallest absolute Gasteiger partial charge is 0.163 e. The van der Waals surface area contributed by atoms with Gasteiger partial charge in [-0.2, -0.15) is 0 Å². The second kappa shape index (κ2) is 8.03. The molecule has 0 amide bonds. The van der Waals surface area contributed by atoms with Gasteiger partial charge in [0.2, 0.25) is 0 Å². The van der Waals surface area contributed by atoms with E-state index in [0.717, 1.165) is 38.4 Å². The lowest BCUT2D eigenvalue weighted by atomic mass is 10.1. The van der Waals surface area contributed by atoms with Crippen molar-refractivity contribution in [3.63, 3.8) is 0 Å². The molecule has 1 N–H and O–H groups in total. The van der Waals surface area contributed by atoms with E-state index in [0.29, 0.717) is 23.7 Å². The van der Waals surface area contributed by atoms with E-state index < -0.39 is 0 Å². The van der Waals surface area contributed by atoms with Crippen LogP contribution < -0.4 is 9.64 Å². The van der Waals surface area contributed by atoms with Gasteiger partial charge in [-0.3, -0.25) is 9.69 Å². The van der Waals surface area contributed by atoms with Gasteiger partial charge in [-0.25, -0.2) is 0 Å². The molecule has 2 aromatic rings. The highest BCUT2D eigenvalue weighted by molar-refractivity contribution is 5.96. The summed E-state index contributed by atoms with van der Waals surface area (Å²) in [6.07, 6.45) is 0. The molecule has 1 aliphatic rings. The predicted molar refractivity (Wildman–Crippen MR) is 98.7 cm³/mol. The maximum Gasteiger partial charge on any atom is 0.163 e. The van der Waals surface area contributed by atoms with Crippen LogP contribution in [0.15, 0.2) is 48.5 Å². The number of aromatic hydroxyl groups is 1. The van der Waals surface area contributed by atoms with Crippen molar-refractivity contribution < 1.29 is 14.6 Å². The second-order valence-corrected chi connectivity index (χ2v) is 6.22. The van der Waals surface area contributed by atoms with E-state index in [1.54, 1.807) is 19.1 Å². The number of ketones is 1. The summed E-state index contributed by atoms with van der Waals surface area (Å²) in [6, 6.07) is 14.8. The molecule has 0 spiro atoms. The van der Waals surface area contributed by atoms with Crippen LogP contribution in [0.5, 0.6) is 11.5 Å². The summed E-state index contributed by atoms with van der Waals surface area (Å²) in [5.74, 6) is 1.01. The first-order valence-corrected chi connectivity index (χ1v) is 8.63. The minimum Gasteiger partial charge on any atom is -0.506 e. The van der Waals surface area contributed by atoms with Gasteiger partial charge in [-0.05, 0) is 31.2 Å². The maximum absolute atomic E-state index is 11.6. The third-order valence-electron chi connectivity index (χ3n) is 4.53. The first kappa shape index (κ1) is 17.3. The lowest BCUT2D eigenvalue weighted by Crippen LogP contribution is -2.47. The van der Waals surface area contributed by atoms with Gasteiger partial charge in [0.05, 0.1) is 11.3 Å². The number of nitrogens with zero attached hydrogens (tertiary/aromatic N) is 2. The zero-order chi connectivity index (χ0) is 17.6. The van der Waals surface area contributed by atoms with Crippen LogP contribution in [-0.4, -0.2) is 55.1 Å².